The molecular formula is C25H41F3O3. The largest absolute Gasteiger partial charge is 0.414 e. The van der Waals surface area contributed by atoms with E-state index >= 15 is 0 Å². The lowest BCUT2D eigenvalue weighted by Crippen LogP contribution is -2.57. The lowest BCUT2D eigenvalue weighted by Gasteiger charge is -2.62. The highest BCUT2D eigenvalue weighted by molar-refractivity contribution is 5.11. The molecule has 0 saturated heterocycles. The van der Waals surface area contributed by atoms with Gasteiger partial charge >= 0.3 is 6.18 Å². The number of hydrogen-bond acceptors (Lipinski definition) is 3. The van der Waals surface area contributed by atoms with Crippen LogP contribution in [0.2, 0.25) is 0 Å². The second kappa shape index (κ2) is 7.87. The number of hydrogen-bond donors (Lipinski definition) is 2. The Morgan fingerprint density at radius 2 is 1.65 bits per heavy atom. The minimum Gasteiger partial charge on any atom is -0.387 e. The lowest BCUT2D eigenvalue weighted by molar-refractivity contribution is -0.228. The number of aliphatic hydroxyl groups excluding tert-OH is 1. The van der Waals surface area contributed by atoms with Crippen molar-refractivity contribution in [2.75, 3.05) is 13.7 Å². The van der Waals surface area contributed by atoms with Crippen molar-refractivity contribution in [1.29, 1.82) is 0 Å². The van der Waals surface area contributed by atoms with E-state index in [0.29, 0.717) is 30.3 Å². The number of rotatable bonds is 4. The van der Waals surface area contributed by atoms with Crippen LogP contribution in [-0.4, -0.2) is 41.8 Å². The van der Waals surface area contributed by atoms with Crippen molar-refractivity contribution in [1.82, 2.24) is 0 Å². The molecule has 4 rings (SSSR count). The first-order valence-corrected chi connectivity index (χ1v) is 12.3. The third kappa shape index (κ3) is 3.77. The smallest absolute Gasteiger partial charge is 0.387 e. The van der Waals surface area contributed by atoms with E-state index in [1.807, 2.05) is 0 Å². The third-order valence-corrected chi connectivity index (χ3v) is 10.8. The monoisotopic (exact) mass is 446 g/mol. The summed E-state index contributed by atoms with van der Waals surface area (Å²) in [7, 11) is 1.65. The van der Waals surface area contributed by atoms with Crippen molar-refractivity contribution in [2.45, 2.75) is 96.4 Å². The summed E-state index contributed by atoms with van der Waals surface area (Å²) in [6, 6.07) is 0. The lowest BCUT2D eigenvalue weighted by atomic mass is 9.43. The molecule has 2 N–H and O–H groups in total. The van der Waals surface area contributed by atoms with Crippen molar-refractivity contribution in [3.8, 4) is 0 Å². The van der Waals surface area contributed by atoms with Gasteiger partial charge in [0, 0.05) is 7.11 Å². The summed E-state index contributed by atoms with van der Waals surface area (Å²) in [6.07, 6.45) is 1.86. The molecule has 4 aliphatic rings. The molecule has 0 aromatic heterocycles. The molecule has 0 amide bonds. The molecule has 0 aliphatic heterocycles. The highest BCUT2D eigenvalue weighted by Crippen LogP contribution is 2.69. The van der Waals surface area contributed by atoms with Crippen LogP contribution in [0.3, 0.4) is 0 Å². The van der Waals surface area contributed by atoms with Gasteiger partial charge in [-0.2, -0.15) is 13.2 Å². The molecule has 0 radical (unpaired) electrons. The molecule has 1 unspecified atom stereocenters. The molecule has 0 heterocycles. The maximum Gasteiger partial charge on any atom is 0.414 e. The van der Waals surface area contributed by atoms with Gasteiger partial charge in [-0.25, -0.2) is 0 Å². The molecule has 4 fully saturated rings. The Labute approximate surface area is 185 Å². The Balaban J connectivity index is 1.53. The first-order chi connectivity index (χ1) is 14.4. The van der Waals surface area contributed by atoms with Crippen molar-refractivity contribution < 1.29 is 28.1 Å². The zero-order chi connectivity index (χ0) is 22.8. The fraction of sp³-hybridized carbons (Fsp3) is 1.00. The molecule has 31 heavy (non-hydrogen) atoms. The SMILES string of the molecule is COC[C@]1(O)CC[C@@]2(C)C(CC[C@H]3[C@@H]4CC[C@H]([C@H](C)[C@H](O)C(F)(F)F)[C@@]4(C)CC[C@@H]32)C1. The Hall–Kier alpha value is -0.330. The third-order valence-electron chi connectivity index (χ3n) is 10.8. The fourth-order valence-corrected chi connectivity index (χ4v) is 9.14. The molecule has 0 aromatic rings. The average Bonchev–Trinajstić information content (AvgIpc) is 3.04. The van der Waals surface area contributed by atoms with E-state index in [0.717, 1.165) is 57.8 Å². The predicted molar refractivity (Wildman–Crippen MR) is 113 cm³/mol. The average molecular weight is 447 g/mol. The first-order valence-electron chi connectivity index (χ1n) is 12.3. The molecule has 4 aliphatic carbocycles. The van der Waals surface area contributed by atoms with Gasteiger partial charge in [0.15, 0.2) is 6.10 Å². The topological polar surface area (TPSA) is 49.7 Å². The van der Waals surface area contributed by atoms with Crippen molar-refractivity contribution >= 4 is 0 Å². The Bertz CT molecular complexity index is 669. The van der Waals surface area contributed by atoms with Crippen LogP contribution in [0.1, 0.15) is 78.6 Å². The summed E-state index contributed by atoms with van der Waals surface area (Å²) in [5.41, 5.74) is -0.614. The molecule has 0 bridgehead atoms. The number of halogens is 3. The zero-order valence-electron chi connectivity index (χ0n) is 19.5. The quantitative estimate of drug-likeness (QED) is 0.593. The summed E-state index contributed by atoms with van der Waals surface area (Å²) in [4.78, 5) is 0. The Morgan fingerprint density at radius 3 is 2.29 bits per heavy atom. The number of aliphatic hydroxyl groups is 2. The number of alkyl halides is 3. The fourth-order valence-electron chi connectivity index (χ4n) is 9.14. The van der Waals surface area contributed by atoms with Gasteiger partial charge in [0.05, 0.1) is 12.2 Å². The highest BCUT2D eigenvalue weighted by atomic mass is 19.4. The molecule has 3 nitrogen and oxygen atoms in total. The second-order valence-corrected chi connectivity index (χ2v) is 12.1. The normalized spacial score (nSPS) is 49.6. The molecule has 0 spiro atoms. The molecule has 10 atom stereocenters. The van der Waals surface area contributed by atoms with Crippen molar-refractivity contribution in [3.05, 3.63) is 0 Å². The Kier molecular flexibility index (Phi) is 6.05. The molecule has 4 saturated carbocycles. The second-order valence-electron chi connectivity index (χ2n) is 12.1. The molecule has 6 heteroatoms. The predicted octanol–water partition coefficient (Wildman–Crippen LogP) is 5.58. The van der Waals surface area contributed by atoms with Crippen molar-refractivity contribution in [3.63, 3.8) is 0 Å². The van der Waals surface area contributed by atoms with Gasteiger partial charge in [-0.1, -0.05) is 20.8 Å². The van der Waals surface area contributed by atoms with E-state index < -0.39 is 23.8 Å². The van der Waals surface area contributed by atoms with Gasteiger partial charge in [-0.3, -0.25) is 0 Å². The van der Waals surface area contributed by atoms with Gasteiger partial charge in [0.1, 0.15) is 0 Å². The minimum absolute atomic E-state index is 0.0706. The van der Waals surface area contributed by atoms with E-state index in [9.17, 15) is 23.4 Å². The van der Waals surface area contributed by atoms with Crippen LogP contribution in [0.15, 0.2) is 0 Å². The van der Waals surface area contributed by atoms with Crippen molar-refractivity contribution in [2.24, 2.45) is 46.3 Å². The van der Waals surface area contributed by atoms with Crippen LogP contribution in [-0.2, 0) is 4.74 Å². The van der Waals surface area contributed by atoms with E-state index in [1.165, 1.54) is 0 Å². The summed E-state index contributed by atoms with van der Waals surface area (Å²) in [5.74, 6) is 1.29. The van der Waals surface area contributed by atoms with Crippen LogP contribution < -0.4 is 0 Å². The highest BCUT2D eigenvalue weighted by Gasteiger charge is 2.62. The van der Waals surface area contributed by atoms with Gasteiger partial charge in [-0.15, -0.1) is 0 Å². The molecule has 180 valence electrons. The van der Waals surface area contributed by atoms with Gasteiger partial charge in [0.2, 0.25) is 0 Å². The number of ether oxygens (including phenoxy) is 1. The Morgan fingerprint density at radius 1 is 0.968 bits per heavy atom. The maximum atomic E-state index is 13.2. The van der Waals surface area contributed by atoms with Crippen LogP contribution in [0.25, 0.3) is 0 Å². The number of fused-ring (bicyclic) bond motifs is 5. The van der Waals surface area contributed by atoms with Gasteiger partial charge in [0.25, 0.3) is 0 Å². The maximum absolute atomic E-state index is 13.2. The van der Waals surface area contributed by atoms with E-state index in [1.54, 1.807) is 14.0 Å². The summed E-state index contributed by atoms with van der Waals surface area (Å²) < 4.78 is 45.0. The van der Waals surface area contributed by atoms with Gasteiger partial charge < -0.3 is 14.9 Å². The van der Waals surface area contributed by atoms with E-state index in [4.69, 9.17) is 4.74 Å². The van der Waals surface area contributed by atoms with Crippen LogP contribution >= 0.6 is 0 Å². The first kappa shape index (κ1) is 23.8. The summed E-state index contributed by atoms with van der Waals surface area (Å²) >= 11 is 0. The minimum atomic E-state index is -4.54. The summed E-state index contributed by atoms with van der Waals surface area (Å²) in [5, 5.41) is 21.0. The van der Waals surface area contributed by atoms with Crippen LogP contribution in [0.5, 0.6) is 0 Å². The molecule has 0 aromatic carbocycles. The standard InChI is InChI=1S/C25H41F3O3/c1-15(21(29)25(26,27)28)18-7-8-19-17-6-5-16-13-24(30,14-31-4)12-11-22(16,2)20(17)9-10-23(18,19)3/h15-21,29-30H,5-14H2,1-4H3/t15-,16?,17-,18+,19-,20-,21-,22-,23+,24-/m0/s1. The van der Waals surface area contributed by atoms with Gasteiger partial charge in [-0.05, 0) is 104 Å². The summed E-state index contributed by atoms with van der Waals surface area (Å²) in [6.45, 7) is 6.65. The number of methoxy groups -OCH3 is 1. The van der Waals surface area contributed by atoms with E-state index in [2.05, 4.69) is 13.8 Å². The van der Waals surface area contributed by atoms with Crippen LogP contribution in [0.4, 0.5) is 13.2 Å². The van der Waals surface area contributed by atoms with Crippen LogP contribution in [0, 0.1) is 46.3 Å². The van der Waals surface area contributed by atoms with E-state index in [-0.39, 0.29) is 16.7 Å². The zero-order valence-corrected chi connectivity index (χ0v) is 19.5. The molecular weight excluding hydrogens is 405 g/mol.